The predicted octanol–water partition coefficient (Wildman–Crippen LogP) is 4.02. The number of piperidine rings is 1. The normalized spacial score (nSPS) is 18.8. The molecule has 0 bridgehead atoms. The third kappa shape index (κ3) is 4.99. The van der Waals surface area contributed by atoms with Gasteiger partial charge in [-0.3, -0.25) is 4.79 Å². The van der Waals surface area contributed by atoms with E-state index in [4.69, 9.17) is 25.8 Å². The number of carbonyl (C=O) groups is 1. The number of carbonyl (C=O) groups excluding carboxylic acids is 1. The zero-order valence-electron chi connectivity index (χ0n) is 17.8. The van der Waals surface area contributed by atoms with Crippen molar-refractivity contribution >= 4 is 17.5 Å². The Morgan fingerprint density at radius 3 is 2.23 bits per heavy atom. The number of aryl methyl sites for hydroxylation is 2. The van der Waals surface area contributed by atoms with Crippen LogP contribution >= 0.6 is 11.6 Å². The average Bonchev–Trinajstić information content (AvgIpc) is 2.75. The maximum Gasteiger partial charge on any atom is 0.254 e. The van der Waals surface area contributed by atoms with Gasteiger partial charge in [0.25, 0.3) is 5.91 Å². The third-order valence-corrected chi connectivity index (χ3v) is 5.95. The van der Waals surface area contributed by atoms with E-state index in [1.54, 1.807) is 37.3 Å². The summed E-state index contributed by atoms with van der Waals surface area (Å²) in [6.45, 7) is 4.69. The Hall–Kier alpha value is -2.44. The van der Waals surface area contributed by atoms with E-state index in [2.05, 4.69) is 0 Å². The maximum atomic E-state index is 13.1. The number of benzene rings is 2. The second-order valence-corrected chi connectivity index (χ2v) is 8.19. The van der Waals surface area contributed by atoms with Gasteiger partial charge in [0.2, 0.25) is 0 Å². The van der Waals surface area contributed by atoms with Crippen LogP contribution in [0.4, 0.5) is 0 Å². The van der Waals surface area contributed by atoms with Crippen LogP contribution in [-0.4, -0.2) is 55.4 Å². The lowest BCUT2D eigenvalue weighted by Crippen LogP contribution is -2.53. The van der Waals surface area contributed by atoms with Crippen LogP contribution in [0.3, 0.4) is 0 Å². The lowest BCUT2D eigenvalue weighted by atomic mass is 9.93. The molecule has 0 saturated carbocycles. The van der Waals surface area contributed by atoms with Gasteiger partial charge < -0.3 is 24.2 Å². The highest BCUT2D eigenvalue weighted by molar-refractivity contribution is 6.32. The summed E-state index contributed by atoms with van der Waals surface area (Å²) in [5.41, 5.74) is 1.18. The minimum Gasteiger partial charge on any atom is -0.497 e. The van der Waals surface area contributed by atoms with Crippen molar-refractivity contribution in [1.29, 1.82) is 0 Å². The van der Waals surface area contributed by atoms with E-state index in [9.17, 15) is 9.90 Å². The number of hydrogen-bond acceptors (Lipinski definition) is 5. The van der Waals surface area contributed by atoms with Gasteiger partial charge in [0.05, 0.1) is 20.8 Å². The smallest absolute Gasteiger partial charge is 0.254 e. The minimum absolute atomic E-state index is 0.0960. The summed E-state index contributed by atoms with van der Waals surface area (Å²) in [5, 5.41) is 11.8. The van der Waals surface area contributed by atoms with Gasteiger partial charge in [0, 0.05) is 23.2 Å². The molecule has 1 amide bonds. The number of halogens is 1. The summed E-state index contributed by atoms with van der Waals surface area (Å²) >= 11 is 6.21. The molecule has 162 valence electrons. The van der Waals surface area contributed by atoms with Gasteiger partial charge in [0.15, 0.2) is 0 Å². The van der Waals surface area contributed by atoms with Crippen LogP contribution < -0.4 is 14.2 Å². The number of amides is 1. The molecule has 1 N–H and O–H groups in total. The van der Waals surface area contributed by atoms with E-state index in [1.165, 1.54) is 0 Å². The number of hydrogen-bond donors (Lipinski definition) is 1. The largest absolute Gasteiger partial charge is 0.497 e. The molecule has 2 aromatic rings. The third-order valence-electron chi connectivity index (χ3n) is 5.36. The average molecular weight is 434 g/mol. The summed E-state index contributed by atoms with van der Waals surface area (Å²) in [7, 11) is 3.08. The van der Waals surface area contributed by atoms with Crippen molar-refractivity contribution in [3.8, 4) is 17.2 Å². The molecule has 0 aromatic heterocycles. The monoisotopic (exact) mass is 433 g/mol. The first-order chi connectivity index (χ1) is 14.2. The molecule has 0 spiro atoms. The number of methoxy groups -OCH3 is 2. The van der Waals surface area contributed by atoms with E-state index in [1.807, 2.05) is 26.0 Å². The van der Waals surface area contributed by atoms with Crippen LogP contribution in [-0.2, 0) is 0 Å². The molecule has 3 rings (SSSR count). The minimum atomic E-state index is -1.13. The van der Waals surface area contributed by atoms with Crippen molar-refractivity contribution in [2.75, 3.05) is 33.9 Å². The van der Waals surface area contributed by atoms with Gasteiger partial charge in [-0.15, -0.1) is 0 Å². The highest BCUT2D eigenvalue weighted by atomic mass is 35.5. The lowest BCUT2D eigenvalue weighted by molar-refractivity contribution is -0.0532. The predicted molar refractivity (Wildman–Crippen MR) is 116 cm³/mol. The molecule has 1 heterocycles. The molecule has 1 saturated heterocycles. The number of nitrogens with zero attached hydrogens (tertiary/aromatic N) is 1. The first kappa shape index (κ1) is 22.2. The molecule has 1 aliphatic rings. The Morgan fingerprint density at radius 2 is 1.67 bits per heavy atom. The summed E-state index contributed by atoms with van der Waals surface area (Å²) in [6.07, 6.45) is 1.25. The van der Waals surface area contributed by atoms with Crippen molar-refractivity contribution in [1.82, 2.24) is 4.90 Å². The molecular weight excluding hydrogens is 406 g/mol. The lowest BCUT2D eigenvalue weighted by Gasteiger charge is -2.39. The fraction of sp³-hybridized carbons (Fsp3) is 0.435. The molecular formula is C23H28ClNO5. The van der Waals surface area contributed by atoms with Crippen LogP contribution in [0.5, 0.6) is 17.2 Å². The Morgan fingerprint density at radius 1 is 1.07 bits per heavy atom. The fourth-order valence-corrected chi connectivity index (χ4v) is 3.83. The second-order valence-electron chi connectivity index (χ2n) is 7.82. The SMILES string of the molecule is COc1cc(OC)cc(C(=O)N2CCCC(O)(COc3cc(C)c(Cl)c(C)c3)C2)c1. The van der Waals surface area contributed by atoms with Crippen molar-refractivity contribution in [3.05, 3.63) is 52.0 Å². The Labute approximate surface area is 182 Å². The number of likely N-dealkylation sites (tertiary alicyclic amines) is 1. The zero-order chi connectivity index (χ0) is 21.9. The molecule has 2 aromatic carbocycles. The molecule has 30 heavy (non-hydrogen) atoms. The second kappa shape index (κ2) is 9.14. The first-order valence-corrected chi connectivity index (χ1v) is 10.3. The van der Waals surface area contributed by atoms with E-state index in [0.717, 1.165) is 11.1 Å². The molecule has 0 radical (unpaired) electrons. The van der Waals surface area contributed by atoms with Crippen LogP contribution in [0.2, 0.25) is 5.02 Å². The van der Waals surface area contributed by atoms with Gasteiger partial charge in [-0.2, -0.15) is 0 Å². The maximum absolute atomic E-state index is 13.1. The standard InChI is InChI=1S/C23H28ClNO5/c1-15-8-20(9-16(2)21(15)24)30-14-23(27)6-5-7-25(13-23)22(26)17-10-18(28-3)12-19(11-17)29-4/h8-12,27H,5-7,13-14H2,1-4H3. The molecule has 7 heteroatoms. The highest BCUT2D eigenvalue weighted by Gasteiger charge is 2.36. The topological polar surface area (TPSA) is 68.2 Å². The summed E-state index contributed by atoms with van der Waals surface area (Å²) in [5.74, 6) is 1.57. The molecule has 1 aliphatic heterocycles. The van der Waals surface area contributed by atoms with Crippen molar-refractivity contribution in [2.45, 2.75) is 32.3 Å². The van der Waals surface area contributed by atoms with E-state index >= 15 is 0 Å². The number of rotatable bonds is 6. The molecule has 1 fully saturated rings. The Bertz CT molecular complexity index is 887. The van der Waals surface area contributed by atoms with E-state index < -0.39 is 5.60 Å². The Balaban J connectivity index is 1.72. The van der Waals surface area contributed by atoms with Crippen molar-refractivity contribution < 1.29 is 24.1 Å². The number of aliphatic hydroxyl groups is 1. The van der Waals surface area contributed by atoms with Gasteiger partial charge in [-0.05, 0) is 62.1 Å². The van der Waals surface area contributed by atoms with Crippen LogP contribution in [0, 0.1) is 13.8 Å². The zero-order valence-corrected chi connectivity index (χ0v) is 18.6. The molecule has 6 nitrogen and oxygen atoms in total. The van der Waals surface area contributed by atoms with E-state index in [0.29, 0.717) is 47.2 Å². The highest BCUT2D eigenvalue weighted by Crippen LogP contribution is 2.29. The van der Waals surface area contributed by atoms with Gasteiger partial charge in [-0.25, -0.2) is 0 Å². The molecule has 1 atom stereocenters. The van der Waals surface area contributed by atoms with Crippen molar-refractivity contribution in [3.63, 3.8) is 0 Å². The van der Waals surface area contributed by atoms with Crippen molar-refractivity contribution in [2.24, 2.45) is 0 Å². The molecule has 1 unspecified atom stereocenters. The molecule has 0 aliphatic carbocycles. The fourth-order valence-electron chi connectivity index (χ4n) is 3.72. The van der Waals surface area contributed by atoms with Crippen LogP contribution in [0.15, 0.2) is 30.3 Å². The van der Waals surface area contributed by atoms with Crippen LogP contribution in [0.1, 0.15) is 34.3 Å². The Kier molecular flexibility index (Phi) is 6.78. The first-order valence-electron chi connectivity index (χ1n) is 9.89. The van der Waals surface area contributed by atoms with Gasteiger partial charge >= 0.3 is 0 Å². The van der Waals surface area contributed by atoms with Gasteiger partial charge in [0.1, 0.15) is 29.5 Å². The number of ether oxygens (including phenoxy) is 3. The van der Waals surface area contributed by atoms with E-state index in [-0.39, 0.29) is 19.1 Å². The van der Waals surface area contributed by atoms with Crippen LogP contribution in [0.25, 0.3) is 0 Å². The number of β-amino-alcohol motifs (C(OH)–C–C–N with tert-alkyl or cyclic N) is 1. The summed E-state index contributed by atoms with van der Waals surface area (Å²) in [6, 6.07) is 8.77. The van der Waals surface area contributed by atoms with Gasteiger partial charge in [-0.1, -0.05) is 11.6 Å². The summed E-state index contributed by atoms with van der Waals surface area (Å²) < 4.78 is 16.4. The summed E-state index contributed by atoms with van der Waals surface area (Å²) in [4.78, 5) is 14.7. The quantitative estimate of drug-likeness (QED) is 0.745.